The van der Waals surface area contributed by atoms with Gasteiger partial charge in [-0.3, -0.25) is 4.68 Å². The van der Waals surface area contributed by atoms with Gasteiger partial charge in [-0.15, -0.1) is 0 Å². The summed E-state index contributed by atoms with van der Waals surface area (Å²) in [7, 11) is 1.86. The Morgan fingerprint density at radius 3 is 3.13 bits per heavy atom. The molecule has 2 rings (SSSR count). The van der Waals surface area contributed by atoms with Gasteiger partial charge in [0.1, 0.15) is 0 Å². The number of aromatic nitrogens is 2. The van der Waals surface area contributed by atoms with Gasteiger partial charge in [0.2, 0.25) is 0 Å². The molecule has 1 fully saturated rings. The van der Waals surface area contributed by atoms with Crippen molar-refractivity contribution in [2.75, 3.05) is 6.61 Å². The van der Waals surface area contributed by atoms with Gasteiger partial charge >= 0.3 is 0 Å². The van der Waals surface area contributed by atoms with E-state index in [0.717, 1.165) is 31.6 Å². The van der Waals surface area contributed by atoms with Gasteiger partial charge in [0, 0.05) is 13.7 Å². The molecule has 0 spiro atoms. The van der Waals surface area contributed by atoms with Crippen molar-refractivity contribution in [3.05, 3.63) is 16.9 Å². The lowest BCUT2D eigenvalue weighted by Gasteiger charge is -2.16. The minimum Gasteiger partial charge on any atom is -0.378 e. The van der Waals surface area contributed by atoms with Crippen LogP contribution in [0.1, 0.15) is 31.0 Å². The van der Waals surface area contributed by atoms with E-state index in [1.165, 1.54) is 0 Å². The molecule has 2 N–H and O–H groups in total. The van der Waals surface area contributed by atoms with E-state index in [0.29, 0.717) is 5.02 Å². The number of hydrogen-bond donors (Lipinski definition) is 1. The van der Waals surface area contributed by atoms with Crippen molar-refractivity contribution >= 4 is 11.6 Å². The Morgan fingerprint density at radius 1 is 1.80 bits per heavy atom. The minimum absolute atomic E-state index is 0.0897. The summed E-state index contributed by atoms with van der Waals surface area (Å²) >= 11 is 6.02. The molecule has 84 valence electrons. The molecule has 0 radical (unpaired) electrons. The monoisotopic (exact) mass is 229 g/mol. The number of nitrogens with zero attached hydrogens (tertiary/aromatic N) is 2. The van der Waals surface area contributed by atoms with Crippen molar-refractivity contribution in [1.82, 2.24) is 9.78 Å². The summed E-state index contributed by atoms with van der Waals surface area (Å²) in [5.74, 6) is 0. The fourth-order valence-corrected chi connectivity index (χ4v) is 2.37. The van der Waals surface area contributed by atoms with E-state index < -0.39 is 0 Å². The summed E-state index contributed by atoms with van der Waals surface area (Å²) in [5.41, 5.74) is 6.99. The fraction of sp³-hybridized carbons (Fsp3) is 0.700. The Balaban J connectivity index is 2.03. The van der Waals surface area contributed by atoms with Gasteiger partial charge in [-0.05, 0) is 19.3 Å². The third-order valence-corrected chi connectivity index (χ3v) is 3.12. The topological polar surface area (TPSA) is 53.1 Å². The number of ether oxygens (including phenoxy) is 1. The molecule has 4 nitrogen and oxygen atoms in total. The van der Waals surface area contributed by atoms with Crippen LogP contribution in [0, 0.1) is 0 Å². The summed E-state index contributed by atoms with van der Waals surface area (Å²) in [6.07, 6.45) is 4.97. The summed E-state index contributed by atoms with van der Waals surface area (Å²) in [6, 6.07) is -0.0897. The summed E-state index contributed by atoms with van der Waals surface area (Å²) in [6.45, 7) is 0.858. The number of hydrogen-bond acceptors (Lipinski definition) is 3. The summed E-state index contributed by atoms with van der Waals surface area (Å²) in [4.78, 5) is 0. The van der Waals surface area contributed by atoms with E-state index in [1.54, 1.807) is 10.9 Å². The van der Waals surface area contributed by atoms with Crippen LogP contribution in [-0.2, 0) is 11.8 Å². The van der Waals surface area contributed by atoms with Crippen LogP contribution < -0.4 is 5.73 Å². The van der Waals surface area contributed by atoms with Crippen molar-refractivity contribution in [2.24, 2.45) is 12.8 Å². The molecule has 0 aromatic carbocycles. The Hall–Kier alpha value is -0.580. The molecular formula is C10H16ClN3O. The maximum Gasteiger partial charge on any atom is 0.0833 e. The average Bonchev–Trinajstić information content (AvgIpc) is 2.77. The second kappa shape index (κ2) is 4.51. The molecule has 2 atom stereocenters. The first-order valence-corrected chi connectivity index (χ1v) is 5.61. The first-order chi connectivity index (χ1) is 7.18. The van der Waals surface area contributed by atoms with Crippen molar-refractivity contribution in [1.29, 1.82) is 0 Å². The van der Waals surface area contributed by atoms with E-state index in [4.69, 9.17) is 22.1 Å². The van der Waals surface area contributed by atoms with E-state index in [1.807, 2.05) is 7.05 Å². The molecule has 2 unspecified atom stereocenters. The molecule has 1 saturated heterocycles. The van der Waals surface area contributed by atoms with Crippen LogP contribution in [0.15, 0.2) is 6.20 Å². The van der Waals surface area contributed by atoms with E-state index in [9.17, 15) is 0 Å². The van der Waals surface area contributed by atoms with Crippen molar-refractivity contribution in [3.63, 3.8) is 0 Å². The molecule has 0 bridgehead atoms. The van der Waals surface area contributed by atoms with Crippen molar-refractivity contribution in [2.45, 2.75) is 31.4 Å². The van der Waals surface area contributed by atoms with Gasteiger partial charge < -0.3 is 10.5 Å². The quantitative estimate of drug-likeness (QED) is 0.858. The minimum atomic E-state index is -0.0897. The predicted molar refractivity (Wildman–Crippen MR) is 58.7 cm³/mol. The van der Waals surface area contributed by atoms with Crippen LogP contribution in [0.4, 0.5) is 0 Å². The fourth-order valence-electron chi connectivity index (χ4n) is 2.06. The first-order valence-electron chi connectivity index (χ1n) is 5.23. The lowest BCUT2D eigenvalue weighted by molar-refractivity contribution is 0.0977. The van der Waals surface area contributed by atoms with Gasteiger partial charge in [-0.2, -0.15) is 5.10 Å². The standard InChI is InChI=1S/C10H16ClN3O/c1-14-10(8(11)6-13-14)9(12)5-7-3-2-4-15-7/h6-7,9H,2-5,12H2,1H3. The zero-order valence-electron chi connectivity index (χ0n) is 8.82. The zero-order chi connectivity index (χ0) is 10.8. The van der Waals surface area contributed by atoms with Gasteiger partial charge in [0.05, 0.1) is 29.1 Å². The lowest BCUT2D eigenvalue weighted by atomic mass is 10.0. The van der Waals surface area contributed by atoms with Crippen molar-refractivity contribution < 1.29 is 4.74 Å². The SMILES string of the molecule is Cn1ncc(Cl)c1C(N)CC1CCCO1. The molecule has 0 amide bonds. The third-order valence-electron chi connectivity index (χ3n) is 2.83. The third kappa shape index (κ3) is 2.33. The molecular weight excluding hydrogens is 214 g/mol. The Labute approximate surface area is 94.3 Å². The summed E-state index contributed by atoms with van der Waals surface area (Å²) < 4.78 is 7.29. The highest BCUT2D eigenvalue weighted by Crippen LogP contribution is 2.27. The maximum atomic E-state index is 6.10. The van der Waals surface area contributed by atoms with Crippen LogP contribution in [0.2, 0.25) is 5.02 Å². The molecule has 2 heterocycles. The van der Waals surface area contributed by atoms with Crippen LogP contribution in [0.5, 0.6) is 0 Å². The van der Waals surface area contributed by atoms with Crippen LogP contribution in [-0.4, -0.2) is 22.5 Å². The molecule has 1 aliphatic heterocycles. The van der Waals surface area contributed by atoms with E-state index in [2.05, 4.69) is 5.10 Å². The van der Waals surface area contributed by atoms with E-state index >= 15 is 0 Å². The second-order valence-corrected chi connectivity index (χ2v) is 4.39. The average molecular weight is 230 g/mol. The Morgan fingerprint density at radius 2 is 2.60 bits per heavy atom. The molecule has 1 aliphatic rings. The molecule has 0 aliphatic carbocycles. The maximum absolute atomic E-state index is 6.10. The highest BCUT2D eigenvalue weighted by Gasteiger charge is 2.22. The predicted octanol–water partition coefficient (Wildman–Crippen LogP) is 1.64. The van der Waals surface area contributed by atoms with E-state index in [-0.39, 0.29) is 12.1 Å². The smallest absolute Gasteiger partial charge is 0.0833 e. The first kappa shape index (κ1) is 10.9. The lowest BCUT2D eigenvalue weighted by Crippen LogP contribution is -2.21. The number of nitrogens with two attached hydrogens (primary N) is 1. The highest BCUT2D eigenvalue weighted by molar-refractivity contribution is 6.31. The van der Waals surface area contributed by atoms with Gasteiger partial charge in [0.15, 0.2) is 0 Å². The largest absolute Gasteiger partial charge is 0.378 e. The van der Waals surface area contributed by atoms with Crippen LogP contribution in [0.25, 0.3) is 0 Å². The number of halogens is 1. The molecule has 0 saturated carbocycles. The number of aryl methyl sites for hydroxylation is 1. The van der Waals surface area contributed by atoms with Gasteiger partial charge in [-0.25, -0.2) is 0 Å². The Kier molecular flexibility index (Phi) is 3.29. The van der Waals surface area contributed by atoms with Gasteiger partial charge in [-0.1, -0.05) is 11.6 Å². The second-order valence-electron chi connectivity index (χ2n) is 3.98. The Bertz CT molecular complexity index is 314. The molecule has 1 aromatic heterocycles. The molecule has 1 aromatic rings. The summed E-state index contributed by atoms with van der Waals surface area (Å²) in [5, 5.41) is 4.72. The molecule has 15 heavy (non-hydrogen) atoms. The van der Waals surface area contributed by atoms with Crippen molar-refractivity contribution in [3.8, 4) is 0 Å². The number of rotatable bonds is 3. The zero-order valence-corrected chi connectivity index (χ0v) is 9.57. The van der Waals surface area contributed by atoms with Gasteiger partial charge in [0.25, 0.3) is 0 Å². The van der Waals surface area contributed by atoms with Crippen LogP contribution >= 0.6 is 11.6 Å². The normalized spacial score (nSPS) is 23.3. The molecule has 5 heteroatoms. The highest BCUT2D eigenvalue weighted by atomic mass is 35.5. The van der Waals surface area contributed by atoms with Crippen LogP contribution in [0.3, 0.4) is 0 Å².